The minimum Gasteiger partial charge on any atom is -0.476 e. The monoisotopic (exact) mass is 273 g/mol. The van der Waals surface area contributed by atoms with E-state index in [4.69, 9.17) is 16.7 Å². The SMILES string of the molecule is O=C(O)c1cc2ncc(-c3ccccc3Cl)cn2n1. The summed E-state index contributed by atoms with van der Waals surface area (Å²) in [5.74, 6) is -1.08. The molecule has 19 heavy (non-hydrogen) atoms. The quantitative estimate of drug-likeness (QED) is 0.779. The maximum Gasteiger partial charge on any atom is 0.356 e. The number of halogens is 1. The first-order chi connectivity index (χ1) is 9.15. The van der Waals surface area contributed by atoms with Gasteiger partial charge in [0.25, 0.3) is 0 Å². The highest BCUT2D eigenvalue weighted by molar-refractivity contribution is 6.33. The number of fused-ring (bicyclic) bond motifs is 1. The highest BCUT2D eigenvalue weighted by atomic mass is 35.5. The second kappa shape index (κ2) is 4.37. The predicted molar refractivity (Wildman–Crippen MR) is 70.4 cm³/mol. The van der Waals surface area contributed by atoms with Crippen LogP contribution in [0.2, 0.25) is 5.02 Å². The predicted octanol–water partition coefficient (Wildman–Crippen LogP) is 2.75. The molecule has 0 radical (unpaired) electrons. The lowest BCUT2D eigenvalue weighted by atomic mass is 10.1. The molecular formula is C13H8ClN3O2. The zero-order valence-corrected chi connectivity index (χ0v) is 10.4. The van der Waals surface area contributed by atoms with E-state index in [1.807, 2.05) is 18.2 Å². The molecule has 0 aliphatic carbocycles. The summed E-state index contributed by atoms with van der Waals surface area (Å²) in [4.78, 5) is 15.0. The first kappa shape index (κ1) is 11.7. The third kappa shape index (κ3) is 2.04. The lowest BCUT2D eigenvalue weighted by Gasteiger charge is -2.03. The van der Waals surface area contributed by atoms with E-state index < -0.39 is 5.97 Å². The van der Waals surface area contributed by atoms with Crippen LogP contribution < -0.4 is 0 Å². The Kier molecular flexibility index (Phi) is 2.68. The Morgan fingerprint density at radius 3 is 2.84 bits per heavy atom. The van der Waals surface area contributed by atoms with E-state index in [2.05, 4.69) is 10.1 Å². The molecule has 0 amide bonds. The summed E-state index contributed by atoms with van der Waals surface area (Å²) in [5, 5.41) is 13.4. The van der Waals surface area contributed by atoms with E-state index >= 15 is 0 Å². The summed E-state index contributed by atoms with van der Waals surface area (Å²) in [6.07, 6.45) is 3.35. The van der Waals surface area contributed by atoms with Gasteiger partial charge in [0, 0.05) is 34.6 Å². The van der Waals surface area contributed by atoms with Crippen molar-refractivity contribution >= 4 is 23.2 Å². The van der Waals surface area contributed by atoms with E-state index in [1.165, 1.54) is 10.6 Å². The Morgan fingerprint density at radius 1 is 1.32 bits per heavy atom. The Labute approximate surface area is 113 Å². The van der Waals surface area contributed by atoms with Gasteiger partial charge in [0.15, 0.2) is 11.3 Å². The van der Waals surface area contributed by atoms with Crippen LogP contribution in [0.25, 0.3) is 16.8 Å². The topological polar surface area (TPSA) is 67.5 Å². The first-order valence-electron chi connectivity index (χ1n) is 5.49. The van der Waals surface area contributed by atoms with Crippen molar-refractivity contribution < 1.29 is 9.90 Å². The van der Waals surface area contributed by atoms with Crippen LogP contribution in [-0.4, -0.2) is 25.7 Å². The summed E-state index contributed by atoms with van der Waals surface area (Å²) in [6.45, 7) is 0. The molecule has 0 unspecified atom stereocenters. The van der Waals surface area contributed by atoms with Crippen molar-refractivity contribution in [1.29, 1.82) is 0 Å². The molecule has 0 aliphatic rings. The highest BCUT2D eigenvalue weighted by Crippen LogP contribution is 2.26. The third-order valence-electron chi connectivity index (χ3n) is 2.72. The van der Waals surface area contributed by atoms with Gasteiger partial charge in [-0.05, 0) is 6.07 Å². The smallest absolute Gasteiger partial charge is 0.356 e. The van der Waals surface area contributed by atoms with Gasteiger partial charge in [-0.1, -0.05) is 29.8 Å². The molecule has 2 heterocycles. The summed E-state index contributed by atoms with van der Waals surface area (Å²) >= 11 is 6.11. The third-order valence-corrected chi connectivity index (χ3v) is 3.05. The summed E-state index contributed by atoms with van der Waals surface area (Å²) in [5.41, 5.74) is 2.04. The largest absolute Gasteiger partial charge is 0.476 e. The van der Waals surface area contributed by atoms with Crippen LogP contribution in [0, 0.1) is 0 Å². The van der Waals surface area contributed by atoms with Gasteiger partial charge in [0.05, 0.1) is 0 Å². The number of carbonyl (C=O) groups is 1. The molecule has 0 fully saturated rings. The maximum absolute atomic E-state index is 10.9. The minimum atomic E-state index is -1.08. The molecule has 0 atom stereocenters. The van der Waals surface area contributed by atoms with Crippen molar-refractivity contribution in [1.82, 2.24) is 14.6 Å². The van der Waals surface area contributed by atoms with Crippen LogP contribution in [-0.2, 0) is 0 Å². The van der Waals surface area contributed by atoms with E-state index in [-0.39, 0.29) is 5.69 Å². The Bertz CT molecular complexity index is 782. The van der Waals surface area contributed by atoms with Gasteiger partial charge in [-0.2, -0.15) is 5.10 Å². The van der Waals surface area contributed by atoms with Crippen molar-refractivity contribution in [3.05, 3.63) is 53.4 Å². The molecule has 0 aliphatic heterocycles. The second-order valence-electron chi connectivity index (χ2n) is 3.96. The molecular weight excluding hydrogens is 266 g/mol. The van der Waals surface area contributed by atoms with Crippen molar-refractivity contribution in [2.45, 2.75) is 0 Å². The van der Waals surface area contributed by atoms with E-state index in [0.717, 1.165) is 11.1 Å². The van der Waals surface area contributed by atoms with Gasteiger partial charge in [-0.3, -0.25) is 0 Å². The van der Waals surface area contributed by atoms with E-state index in [0.29, 0.717) is 10.7 Å². The van der Waals surface area contributed by atoms with Crippen molar-refractivity contribution in [2.75, 3.05) is 0 Å². The fraction of sp³-hybridized carbons (Fsp3) is 0. The number of carboxylic acids is 1. The molecule has 0 saturated heterocycles. The fourth-order valence-electron chi connectivity index (χ4n) is 1.82. The maximum atomic E-state index is 10.9. The standard InChI is InChI=1S/C13H8ClN3O2/c14-10-4-2-1-3-9(10)8-6-15-12-5-11(13(18)19)16-17(12)7-8/h1-7H,(H,18,19). The molecule has 94 valence electrons. The molecule has 0 bridgehead atoms. The summed E-state index contributed by atoms with van der Waals surface area (Å²) in [7, 11) is 0. The number of hydrogen-bond donors (Lipinski definition) is 1. The molecule has 3 aromatic rings. The van der Waals surface area contributed by atoms with Crippen molar-refractivity contribution in [2.24, 2.45) is 0 Å². The van der Waals surface area contributed by atoms with Crippen molar-refractivity contribution in [3.8, 4) is 11.1 Å². The van der Waals surface area contributed by atoms with Gasteiger partial charge in [0.2, 0.25) is 0 Å². The van der Waals surface area contributed by atoms with Gasteiger partial charge in [-0.15, -0.1) is 0 Å². The lowest BCUT2D eigenvalue weighted by Crippen LogP contribution is -1.97. The number of rotatable bonds is 2. The number of aromatic nitrogens is 3. The van der Waals surface area contributed by atoms with Crippen LogP contribution >= 0.6 is 11.6 Å². The summed E-state index contributed by atoms with van der Waals surface area (Å²) in [6, 6.07) is 8.78. The van der Waals surface area contributed by atoms with Crippen LogP contribution in [0.3, 0.4) is 0 Å². The fourth-order valence-corrected chi connectivity index (χ4v) is 2.06. The van der Waals surface area contributed by atoms with Crippen LogP contribution in [0.5, 0.6) is 0 Å². The second-order valence-corrected chi connectivity index (χ2v) is 4.37. The molecule has 2 aromatic heterocycles. The Morgan fingerprint density at radius 2 is 2.11 bits per heavy atom. The van der Waals surface area contributed by atoms with E-state index in [9.17, 15) is 4.79 Å². The molecule has 0 spiro atoms. The van der Waals surface area contributed by atoms with Gasteiger partial charge in [0.1, 0.15) is 0 Å². The molecule has 1 N–H and O–H groups in total. The number of benzene rings is 1. The Hall–Kier alpha value is -2.40. The molecule has 6 heteroatoms. The first-order valence-corrected chi connectivity index (χ1v) is 5.86. The van der Waals surface area contributed by atoms with Crippen LogP contribution in [0.15, 0.2) is 42.7 Å². The minimum absolute atomic E-state index is 0.0381. The zero-order chi connectivity index (χ0) is 13.4. The number of hydrogen-bond acceptors (Lipinski definition) is 3. The normalized spacial score (nSPS) is 10.8. The molecule has 5 nitrogen and oxygen atoms in total. The van der Waals surface area contributed by atoms with Gasteiger partial charge < -0.3 is 5.11 Å². The number of nitrogens with zero attached hydrogens (tertiary/aromatic N) is 3. The molecule has 0 saturated carbocycles. The molecule has 1 aromatic carbocycles. The van der Waals surface area contributed by atoms with Crippen LogP contribution in [0.1, 0.15) is 10.5 Å². The average Bonchev–Trinajstić information content (AvgIpc) is 2.82. The molecule has 3 rings (SSSR count). The van der Waals surface area contributed by atoms with Gasteiger partial charge >= 0.3 is 5.97 Å². The highest BCUT2D eigenvalue weighted by Gasteiger charge is 2.11. The Balaban J connectivity index is 2.16. The number of carboxylic acid groups (broad SMARTS) is 1. The lowest BCUT2D eigenvalue weighted by molar-refractivity contribution is 0.0690. The van der Waals surface area contributed by atoms with E-state index in [1.54, 1.807) is 18.5 Å². The van der Waals surface area contributed by atoms with Gasteiger partial charge in [-0.25, -0.2) is 14.3 Å². The van der Waals surface area contributed by atoms with Crippen LogP contribution in [0.4, 0.5) is 0 Å². The summed E-state index contributed by atoms with van der Waals surface area (Å²) < 4.78 is 1.43. The number of aromatic carboxylic acids is 1. The van der Waals surface area contributed by atoms with Crippen molar-refractivity contribution in [3.63, 3.8) is 0 Å². The average molecular weight is 274 g/mol. The zero-order valence-electron chi connectivity index (χ0n) is 9.62.